The molecule has 0 saturated heterocycles. The first-order valence-electron chi connectivity index (χ1n) is 10.8. The maximum Gasteiger partial charge on any atom is 0.116 e. The van der Waals surface area contributed by atoms with E-state index in [0.717, 1.165) is 61.4 Å². The summed E-state index contributed by atoms with van der Waals surface area (Å²) in [5.41, 5.74) is 9.24. The minimum atomic E-state index is 0.896. The van der Waals surface area contributed by atoms with Crippen molar-refractivity contribution in [3.8, 4) is 28.2 Å². The zero-order valence-electron chi connectivity index (χ0n) is 18.7. The fourth-order valence-corrected chi connectivity index (χ4v) is 4.27. The van der Waals surface area contributed by atoms with Gasteiger partial charge in [0.25, 0.3) is 0 Å². The highest BCUT2D eigenvalue weighted by molar-refractivity contribution is 5.99. The second kappa shape index (κ2) is 7.34. The minimum absolute atomic E-state index is 0.896. The minimum Gasteiger partial charge on any atom is -0.376 e. The number of H-pyrrole nitrogens is 2. The van der Waals surface area contributed by atoms with Gasteiger partial charge < -0.3 is 14.5 Å². The smallest absolute Gasteiger partial charge is 0.116 e. The Labute approximate surface area is 190 Å². The van der Waals surface area contributed by atoms with E-state index in [9.17, 15) is 0 Å². The van der Waals surface area contributed by atoms with E-state index in [4.69, 9.17) is 0 Å². The van der Waals surface area contributed by atoms with Gasteiger partial charge in [0, 0.05) is 48.3 Å². The van der Waals surface area contributed by atoms with Gasteiger partial charge in [-0.05, 0) is 48.9 Å². The van der Waals surface area contributed by atoms with Crippen LogP contribution in [-0.2, 0) is 0 Å². The summed E-state index contributed by atoms with van der Waals surface area (Å²) >= 11 is 0. The standard InChI is InChI=1S/C26H23N7/c1-16-14-33(15-28-16)25-6-4-5-22-20(25)11-24(29-22)26-21-10-17(7-8-23(21)30-31-26)18-9-19(32(2)3)13-27-12-18/h4-15,29H,1-3H3,(H,30,31). The molecule has 0 aliphatic carbocycles. The Kier molecular flexibility index (Phi) is 4.29. The Balaban J connectivity index is 1.48. The highest BCUT2D eigenvalue weighted by Gasteiger charge is 2.14. The average Bonchev–Trinajstić information content (AvgIpc) is 3.55. The van der Waals surface area contributed by atoms with Crippen LogP contribution in [0.1, 0.15) is 5.69 Å². The maximum atomic E-state index is 4.65. The summed E-state index contributed by atoms with van der Waals surface area (Å²) in [5.74, 6) is 0. The molecule has 6 rings (SSSR count). The molecule has 0 radical (unpaired) electrons. The van der Waals surface area contributed by atoms with Crippen LogP contribution < -0.4 is 4.90 Å². The number of nitrogens with zero attached hydrogens (tertiary/aromatic N) is 5. The SMILES string of the molecule is Cc1cn(-c2cccc3[nH]c(-c4n[nH]c5ccc(-c6cncc(N(C)C)c6)cc45)cc23)cn1. The Morgan fingerprint density at radius 2 is 1.82 bits per heavy atom. The summed E-state index contributed by atoms with van der Waals surface area (Å²) in [6.45, 7) is 2.00. The van der Waals surface area contributed by atoms with Crippen molar-refractivity contribution in [1.29, 1.82) is 0 Å². The van der Waals surface area contributed by atoms with Crippen LogP contribution in [0.5, 0.6) is 0 Å². The number of imidazole rings is 1. The quantitative estimate of drug-likeness (QED) is 0.394. The number of pyridine rings is 1. The molecule has 0 fully saturated rings. The lowest BCUT2D eigenvalue weighted by Crippen LogP contribution is -2.08. The first kappa shape index (κ1) is 19.3. The van der Waals surface area contributed by atoms with Crippen molar-refractivity contribution in [3.63, 3.8) is 0 Å². The van der Waals surface area contributed by atoms with E-state index < -0.39 is 0 Å². The van der Waals surface area contributed by atoms with Crippen LogP contribution in [0.2, 0.25) is 0 Å². The predicted octanol–water partition coefficient (Wildman–Crippen LogP) is 5.33. The Morgan fingerprint density at radius 1 is 0.909 bits per heavy atom. The van der Waals surface area contributed by atoms with Gasteiger partial charge in [0.1, 0.15) is 5.69 Å². The highest BCUT2D eigenvalue weighted by atomic mass is 15.1. The molecule has 0 amide bonds. The molecule has 0 aliphatic heterocycles. The average molecular weight is 434 g/mol. The van der Waals surface area contributed by atoms with E-state index in [1.807, 2.05) is 45.9 Å². The van der Waals surface area contributed by atoms with Crippen LogP contribution in [-0.4, -0.2) is 43.8 Å². The molecule has 0 aliphatic rings. The van der Waals surface area contributed by atoms with Crippen molar-refractivity contribution in [1.82, 2.24) is 29.7 Å². The van der Waals surface area contributed by atoms with Crippen LogP contribution in [0.4, 0.5) is 5.69 Å². The summed E-state index contributed by atoms with van der Waals surface area (Å²) < 4.78 is 2.06. The zero-order chi connectivity index (χ0) is 22.5. The number of rotatable bonds is 4. The molecule has 7 nitrogen and oxygen atoms in total. The lowest BCUT2D eigenvalue weighted by atomic mass is 10.0. The van der Waals surface area contributed by atoms with E-state index >= 15 is 0 Å². The van der Waals surface area contributed by atoms with Gasteiger partial charge in [0.05, 0.1) is 40.8 Å². The number of nitrogens with one attached hydrogen (secondary N) is 2. The number of hydrogen-bond acceptors (Lipinski definition) is 4. The Morgan fingerprint density at radius 3 is 2.64 bits per heavy atom. The van der Waals surface area contributed by atoms with Crippen molar-refractivity contribution >= 4 is 27.5 Å². The highest BCUT2D eigenvalue weighted by Crippen LogP contribution is 2.33. The lowest BCUT2D eigenvalue weighted by Gasteiger charge is -2.13. The van der Waals surface area contributed by atoms with Crippen molar-refractivity contribution in [2.45, 2.75) is 6.92 Å². The molecule has 7 heteroatoms. The largest absolute Gasteiger partial charge is 0.376 e. The van der Waals surface area contributed by atoms with E-state index in [1.165, 1.54) is 0 Å². The van der Waals surface area contributed by atoms with Crippen LogP contribution >= 0.6 is 0 Å². The van der Waals surface area contributed by atoms with Gasteiger partial charge in [0.2, 0.25) is 0 Å². The zero-order valence-corrected chi connectivity index (χ0v) is 18.7. The van der Waals surface area contributed by atoms with Gasteiger partial charge >= 0.3 is 0 Å². The molecule has 2 N–H and O–H groups in total. The van der Waals surface area contributed by atoms with E-state index in [2.05, 4.69) is 83.1 Å². The molecule has 0 saturated carbocycles. The van der Waals surface area contributed by atoms with Crippen molar-refractivity contribution < 1.29 is 0 Å². The molecule has 0 bridgehead atoms. The Bertz CT molecular complexity index is 1620. The monoisotopic (exact) mass is 433 g/mol. The molecule has 162 valence electrons. The second-order valence-corrected chi connectivity index (χ2v) is 8.50. The fourth-order valence-electron chi connectivity index (χ4n) is 4.27. The molecule has 4 aromatic heterocycles. The van der Waals surface area contributed by atoms with Gasteiger partial charge in [0.15, 0.2) is 0 Å². The van der Waals surface area contributed by atoms with Crippen molar-refractivity contribution in [3.05, 3.63) is 79.1 Å². The van der Waals surface area contributed by atoms with Crippen LogP contribution in [0.3, 0.4) is 0 Å². The lowest BCUT2D eigenvalue weighted by molar-refractivity contribution is 1.07. The fraction of sp³-hybridized carbons (Fsp3) is 0.115. The number of hydrogen-bond donors (Lipinski definition) is 2. The molecule has 0 spiro atoms. The normalized spacial score (nSPS) is 11.5. The topological polar surface area (TPSA) is 78.4 Å². The van der Waals surface area contributed by atoms with E-state index in [1.54, 1.807) is 0 Å². The Hall–Kier alpha value is -4.39. The van der Waals surface area contributed by atoms with Gasteiger partial charge in [-0.3, -0.25) is 10.1 Å². The maximum absolute atomic E-state index is 4.65. The van der Waals surface area contributed by atoms with Crippen LogP contribution in [0.15, 0.2) is 73.4 Å². The van der Waals surface area contributed by atoms with Crippen molar-refractivity contribution in [2.75, 3.05) is 19.0 Å². The third kappa shape index (κ3) is 3.25. The summed E-state index contributed by atoms with van der Waals surface area (Å²) in [7, 11) is 4.04. The summed E-state index contributed by atoms with van der Waals surface area (Å²) in [5, 5.41) is 10.0. The summed E-state index contributed by atoms with van der Waals surface area (Å²) in [4.78, 5) is 14.4. The number of benzene rings is 2. The third-order valence-electron chi connectivity index (χ3n) is 6.02. The molecule has 4 heterocycles. The van der Waals surface area contributed by atoms with Gasteiger partial charge in [-0.1, -0.05) is 12.1 Å². The van der Waals surface area contributed by atoms with E-state index in [0.29, 0.717) is 0 Å². The summed E-state index contributed by atoms with van der Waals surface area (Å²) in [6, 6.07) is 16.9. The van der Waals surface area contributed by atoms with E-state index in [-0.39, 0.29) is 0 Å². The number of aryl methyl sites for hydroxylation is 1. The molecule has 33 heavy (non-hydrogen) atoms. The van der Waals surface area contributed by atoms with Crippen LogP contribution in [0, 0.1) is 6.92 Å². The molecule has 2 aromatic carbocycles. The summed E-state index contributed by atoms with van der Waals surface area (Å²) in [6.07, 6.45) is 7.65. The number of aromatic amines is 2. The van der Waals surface area contributed by atoms with Crippen LogP contribution in [0.25, 0.3) is 50.0 Å². The molecule has 6 aromatic rings. The number of aromatic nitrogens is 6. The van der Waals surface area contributed by atoms with Gasteiger partial charge in [-0.15, -0.1) is 0 Å². The number of anilines is 1. The molecule has 0 unspecified atom stereocenters. The first-order valence-corrected chi connectivity index (χ1v) is 10.8. The second-order valence-electron chi connectivity index (χ2n) is 8.50. The predicted molar refractivity (Wildman–Crippen MR) is 133 cm³/mol. The molecular weight excluding hydrogens is 410 g/mol. The first-order chi connectivity index (χ1) is 16.1. The molecular formula is C26H23N7. The molecule has 0 atom stereocenters. The van der Waals surface area contributed by atoms with Gasteiger partial charge in [-0.2, -0.15) is 5.10 Å². The van der Waals surface area contributed by atoms with Gasteiger partial charge in [-0.25, -0.2) is 4.98 Å². The number of fused-ring (bicyclic) bond motifs is 2. The third-order valence-corrected chi connectivity index (χ3v) is 6.02. The van der Waals surface area contributed by atoms with Crippen molar-refractivity contribution in [2.24, 2.45) is 0 Å².